The SMILES string of the molecule is CCCCCC(C)CCCOc1ccc(C(=O)CO)cc1. The van der Waals surface area contributed by atoms with Crippen molar-refractivity contribution in [3.63, 3.8) is 0 Å². The molecule has 0 aliphatic heterocycles. The maximum absolute atomic E-state index is 11.3. The molecule has 1 aromatic carbocycles. The van der Waals surface area contributed by atoms with E-state index in [1.165, 1.54) is 32.1 Å². The van der Waals surface area contributed by atoms with Crippen LogP contribution in [0.2, 0.25) is 0 Å². The van der Waals surface area contributed by atoms with Crippen LogP contribution >= 0.6 is 0 Å². The highest BCUT2D eigenvalue weighted by atomic mass is 16.5. The van der Waals surface area contributed by atoms with Crippen molar-refractivity contribution in [2.75, 3.05) is 13.2 Å². The van der Waals surface area contributed by atoms with Crippen molar-refractivity contribution < 1.29 is 14.6 Å². The number of carbonyl (C=O) groups is 1. The quantitative estimate of drug-likeness (QED) is 0.490. The molecule has 0 bridgehead atoms. The highest BCUT2D eigenvalue weighted by Gasteiger charge is 2.04. The Hall–Kier alpha value is -1.35. The average molecular weight is 292 g/mol. The van der Waals surface area contributed by atoms with Gasteiger partial charge in [0.15, 0.2) is 5.78 Å². The van der Waals surface area contributed by atoms with Gasteiger partial charge in [0.2, 0.25) is 0 Å². The zero-order valence-corrected chi connectivity index (χ0v) is 13.3. The molecule has 0 aliphatic rings. The normalized spacial score (nSPS) is 12.1. The summed E-state index contributed by atoms with van der Waals surface area (Å²) in [6.07, 6.45) is 7.52. The molecule has 3 heteroatoms. The number of ether oxygens (including phenoxy) is 1. The first kappa shape index (κ1) is 17.7. The lowest BCUT2D eigenvalue weighted by Gasteiger charge is -2.11. The van der Waals surface area contributed by atoms with Crippen LogP contribution in [0.3, 0.4) is 0 Å². The fraction of sp³-hybridized carbons (Fsp3) is 0.611. The van der Waals surface area contributed by atoms with Crippen LogP contribution in [-0.4, -0.2) is 24.1 Å². The van der Waals surface area contributed by atoms with E-state index < -0.39 is 6.61 Å². The molecule has 0 aliphatic carbocycles. The molecule has 21 heavy (non-hydrogen) atoms. The third-order valence-electron chi connectivity index (χ3n) is 3.73. The van der Waals surface area contributed by atoms with Gasteiger partial charge in [0, 0.05) is 5.56 Å². The van der Waals surface area contributed by atoms with Crippen molar-refractivity contribution in [1.82, 2.24) is 0 Å². The lowest BCUT2D eigenvalue weighted by atomic mass is 9.98. The molecule has 0 heterocycles. The van der Waals surface area contributed by atoms with Gasteiger partial charge in [0.05, 0.1) is 6.61 Å². The smallest absolute Gasteiger partial charge is 0.188 e. The molecule has 1 atom stereocenters. The Balaban J connectivity index is 2.19. The molecule has 1 aromatic rings. The Morgan fingerprint density at radius 3 is 2.43 bits per heavy atom. The molecule has 0 radical (unpaired) electrons. The van der Waals surface area contributed by atoms with Gasteiger partial charge in [-0.1, -0.05) is 39.5 Å². The number of carbonyl (C=O) groups excluding carboxylic acids is 1. The summed E-state index contributed by atoms with van der Waals surface area (Å²) in [5.74, 6) is 1.29. The van der Waals surface area contributed by atoms with E-state index in [4.69, 9.17) is 9.84 Å². The summed E-state index contributed by atoms with van der Waals surface area (Å²) in [6, 6.07) is 6.96. The van der Waals surface area contributed by atoms with Crippen LogP contribution < -0.4 is 4.74 Å². The monoisotopic (exact) mass is 292 g/mol. The van der Waals surface area contributed by atoms with E-state index in [1.54, 1.807) is 24.3 Å². The van der Waals surface area contributed by atoms with Crippen molar-refractivity contribution in [2.45, 2.75) is 52.4 Å². The van der Waals surface area contributed by atoms with E-state index >= 15 is 0 Å². The molecule has 1 unspecified atom stereocenters. The Morgan fingerprint density at radius 1 is 1.14 bits per heavy atom. The van der Waals surface area contributed by atoms with Gasteiger partial charge in [-0.3, -0.25) is 4.79 Å². The van der Waals surface area contributed by atoms with Crippen molar-refractivity contribution >= 4 is 5.78 Å². The van der Waals surface area contributed by atoms with E-state index in [-0.39, 0.29) is 5.78 Å². The summed E-state index contributed by atoms with van der Waals surface area (Å²) < 4.78 is 5.68. The summed E-state index contributed by atoms with van der Waals surface area (Å²) in [5, 5.41) is 8.78. The number of aliphatic hydroxyl groups excluding tert-OH is 1. The van der Waals surface area contributed by atoms with Crippen LogP contribution in [0.5, 0.6) is 5.75 Å². The van der Waals surface area contributed by atoms with Gasteiger partial charge >= 0.3 is 0 Å². The number of rotatable bonds is 11. The van der Waals surface area contributed by atoms with Gasteiger partial charge < -0.3 is 9.84 Å². The highest BCUT2D eigenvalue weighted by molar-refractivity contribution is 5.96. The van der Waals surface area contributed by atoms with E-state index in [1.807, 2.05) is 0 Å². The number of Topliss-reactive ketones (excluding diaryl/α,β-unsaturated/α-hetero) is 1. The van der Waals surface area contributed by atoms with Crippen LogP contribution in [-0.2, 0) is 0 Å². The summed E-state index contributed by atoms with van der Waals surface area (Å²) in [7, 11) is 0. The number of hydrogen-bond donors (Lipinski definition) is 1. The van der Waals surface area contributed by atoms with Gasteiger partial charge in [0.1, 0.15) is 12.4 Å². The maximum Gasteiger partial charge on any atom is 0.188 e. The molecule has 3 nitrogen and oxygen atoms in total. The molecule has 1 N–H and O–H groups in total. The number of unbranched alkanes of at least 4 members (excludes halogenated alkanes) is 2. The summed E-state index contributed by atoms with van der Waals surface area (Å²) in [4.78, 5) is 11.3. The number of ketones is 1. The molecule has 0 fully saturated rings. The largest absolute Gasteiger partial charge is 0.494 e. The molecule has 0 spiro atoms. The Kier molecular flexibility index (Phi) is 8.76. The van der Waals surface area contributed by atoms with Gasteiger partial charge in [0.25, 0.3) is 0 Å². The Morgan fingerprint density at radius 2 is 1.81 bits per heavy atom. The van der Waals surface area contributed by atoms with Gasteiger partial charge in [-0.25, -0.2) is 0 Å². The number of hydrogen-bond acceptors (Lipinski definition) is 3. The topological polar surface area (TPSA) is 46.5 Å². The first-order valence-corrected chi connectivity index (χ1v) is 8.04. The number of benzene rings is 1. The fourth-order valence-electron chi connectivity index (χ4n) is 2.34. The molecular weight excluding hydrogens is 264 g/mol. The summed E-state index contributed by atoms with van der Waals surface area (Å²) in [5.41, 5.74) is 0.523. The molecule has 0 saturated heterocycles. The minimum absolute atomic E-state index is 0.262. The van der Waals surface area contributed by atoms with Crippen LogP contribution in [0.15, 0.2) is 24.3 Å². The van der Waals surface area contributed by atoms with Crippen molar-refractivity contribution in [3.05, 3.63) is 29.8 Å². The lowest BCUT2D eigenvalue weighted by Crippen LogP contribution is -2.04. The second-order valence-electron chi connectivity index (χ2n) is 5.70. The Labute approximate surface area is 128 Å². The fourth-order valence-corrected chi connectivity index (χ4v) is 2.34. The highest BCUT2D eigenvalue weighted by Crippen LogP contribution is 2.16. The second kappa shape index (κ2) is 10.4. The molecule has 0 amide bonds. The zero-order valence-electron chi connectivity index (χ0n) is 13.3. The van der Waals surface area contributed by atoms with Crippen molar-refractivity contribution in [2.24, 2.45) is 5.92 Å². The van der Waals surface area contributed by atoms with E-state index in [9.17, 15) is 4.79 Å². The Bertz CT molecular complexity index is 397. The molecule has 118 valence electrons. The van der Waals surface area contributed by atoms with Gasteiger partial charge in [-0.15, -0.1) is 0 Å². The van der Waals surface area contributed by atoms with Crippen LogP contribution in [0.25, 0.3) is 0 Å². The van der Waals surface area contributed by atoms with Gasteiger partial charge in [-0.2, -0.15) is 0 Å². The zero-order chi connectivity index (χ0) is 15.5. The lowest BCUT2D eigenvalue weighted by molar-refractivity contribution is 0.0903. The third-order valence-corrected chi connectivity index (χ3v) is 3.73. The molecule has 0 saturated carbocycles. The van der Waals surface area contributed by atoms with Crippen LogP contribution in [0.1, 0.15) is 62.7 Å². The molecule has 1 rings (SSSR count). The van der Waals surface area contributed by atoms with Crippen LogP contribution in [0, 0.1) is 5.92 Å². The summed E-state index contributed by atoms with van der Waals surface area (Å²) >= 11 is 0. The minimum atomic E-state index is -0.448. The maximum atomic E-state index is 11.3. The first-order valence-electron chi connectivity index (χ1n) is 8.04. The standard InChI is InChI=1S/C18H28O3/c1-3-4-5-7-15(2)8-6-13-21-17-11-9-16(10-12-17)18(20)14-19/h9-12,15,19H,3-8,13-14H2,1-2H3. The van der Waals surface area contributed by atoms with Crippen molar-refractivity contribution in [3.8, 4) is 5.75 Å². The average Bonchev–Trinajstić information content (AvgIpc) is 2.51. The van der Waals surface area contributed by atoms with Gasteiger partial charge in [-0.05, 0) is 43.0 Å². The first-order chi connectivity index (χ1) is 10.2. The minimum Gasteiger partial charge on any atom is -0.494 e. The predicted molar refractivity (Wildman–Crippen MR) is 85.9 cm³/mol. The number of aliphatic hydroxyl groups is 1. The van der Waals surface area contributed by atoms with E-state index in [0.717, 1.165) is 18.1 Å². The van der Waals surface area contributed by atoms with Crippen molar-refractivity contribution in [1.29, 1.82) is 0 Å². The predicted octanol–water partition coefficient (Wildman–Crippen LogP) is 4.24. The van der Waals surface area contributed by atoms with E-state index in [0.29, 0.717) is 12.2 Å². The van der Waals surface area contributed by atoms with E-state index in [2.05, 4.69) is 13.8 Å². The van der Waals surface area contributed by atoms with Crippen LogP contribution in [0.4, 0.5) is 0 Å². The molecular formula is C18H28O3. The molecule has 0 aromatic heterocycles. The summed E-state index contributed by atoms with van der Waals surface area (Å²) in [6.45, 7) is 4.81. The second-order valence-corrected chi connectivity index (χ2v) is 5.70. The third kappa shape index (κ3) is 7.28.